The highest BCUT2D eigenvalue weighted by Gasteiger charge is 2.35. The first kappa shape index (κ1) is 15.9. The van der Waals surface area contributed by atoms with Crippen molar-refractivity contribution in [3.05, 3.63) is 0 Å². The van der Waals surface area contributed by atoms with E-state index in [-0.39, 0.29) is 0 Å². The second-order valence-electron chi connectivity index (χ2n) is 6.07. The lowest BCUT2D eigenvalue weighted by Crippen LogP contribution is -2.48. The standard InChI is InChI=1S/C15H31NO2/c1-5-9-16-13-7-8-15(3,4)12-14(13)18-11-10-17-6-2/h13-14,16H,5-12H2,1-4H3. The van der Waals surface area contributed by atoms with Gasteiger partial charge in [-0.3, -0.25) is 0 Å². The topological polar surface area (TPSA) is 30.5 Å². The van der Waals surface area contributed by atoms with Gasteiger partial charge in [0.05, 0.1) is 19.3 Å². The van der Waals surface area contributed by atoms with Crippen LogP contribution >= 0.6 is 0 Å². The average molecular weight is 257 g/mol. The van der Waals surface area contributed by atoms with Crippen molar-refractivity contribution in [1.82, 2.24) is 5.32 Å². The van der Waals surface area contributed by atoms with Crippen molar-refractivity contribution in [3.8, 4) is 0 Å². The maximum absolute atomic E-state index is 6.04. The average Bonchev–Trinajstić information content (AvgIpc) is 2.33. The fraction of sp³-hybridized carbons (Fsp3) is 1.00. The molecule has 1 fully saturated rings. The highest BCUT2D eigenvalue weighted by atomic mass is 16.5. The minimum Gasteiger partial charge on any atom is -0.379 e. The molecule has 3 nitrogen and oxygen atoms in total. The molecule has 0 bridgehead atoms. The van der Waals surface area contributed by atoms with Crippen molar-refractivity contribution >= 4 is 0 Å². The normalized spacial score (nSPS) is 27.3. The Balaban J connectivity index is 2.38. The lowest BCUT2D eigenvalue weighted by atomic mass is 9.74. The molecule has 3 heteroatoms. The Morgan fingerprint density at radius 2 is 2.00 bits per heavy atom. The Morgan fingerprint density at radius 3 is 2.67 bits per heavy atom. The van der Waals surface area contributed by atoms with Crippen LogP contribution in [0.2, 0.25) is 0 Å². The summed E-state index contributed by atoms with van der Waals surface area (Å²) in [6.07, 6.45) is 5.21. The molecule has 0 amide bonds. The summed E-state index contributed by atoms with van der Waals surface area (Å²) in [5, 5.41) is 3.63. The zero-order valence-corrected chi connectivity index (χ0v) is 12.6. The third kappa shape index (κ3) is 5.68. The smallest absolute Gasteiger partial charge is 0.0734 e. The number of hydrogen-bond donors (Lipinski definition) is 1. The minimum absolute atomic E-state index is 0.348. The molecule has 1 aliphatic carbocycles. The van der Waals surface area contributed by atoms with Gasteiger partial charge >= 0.3 is 0 Å². The molecule has 1 N–H and O–H groups in total. The molecule has 0 aromatic heterocycles. The molecule has 1 rings (SSSR count). The van der Waals surface area contributed by atoms with Crippen molar-refractivity contribution in [1.29, 1.82) is 0 Å². The number of rotatable bonds is 8. The van der Waals surface area contributed by atoms with Crippen molar-refractivity contribution in [2.45, 2.75) is 65.5 Å². The third-order valence-corrected chi connectivity index (χ3v) is 3.75. The first-order chi connectivity index (χ1) is 8.59. The quantitative estimate of drug-likeness (QED) is 0.678. The van der Waals surface area contributed by atoms with E-state index in [9.17, 15) is 0 Å². The summed E-state index contributed by atoms with van der Waals surface area (Å²) in [5.41, 5.74) is 0.417. The van der Waals surface area contributed by atoms with Crippen molar-refractivity contribution < 1.29 is 9.47 Å². The molecule has 18 heavy (non-hydrogen) atoms. The van der Waals surface area contributed by atoms with E-state index in [0.29, 0.717) is 24.2 Å². The number of hydrogen-bond acceptors (Lipinski definition) is 3. The molecule has 1 saturated carbocycles. The molecular formula is C15H31NO2. The van der Waals surface area contributed by atoms with Crippen LogP contribution in [0.3, 0.4) is 0 Å². The number of nitrogens with one attached hydrogen (secondary N) is 1. The molecule has 0 spiro atoms. The minimum atomic E-state index is 0.348. The van der Waals surface area contributed by atoms with E-state index < -0.39 is 0 Å². The maximum Gasteiger partial charge on any atom is 0.0734 e. The lowest BCUT2D eigenvalue weighted by molar-refractivity contribution is -0.0480. The zero-order valence-electron chi connectivity index (χ0n) is 12.6. The molecule has 2 unspecified atom stereocenters. The van der Waals surface area contributed by atoms with E-state index in [2.05, 4.69) is 26.1 Å². The second kappa shape index (κ2) is 8.13. The Morgan fingerprint density at radius 1 is 1.22 bits per heavy atom. The zero-order chi connectivity index (χ0) is 13.4. The van der Waals surface area contributed by atoms with Gasteiger partial charge in [-0.05, 0) is 44.6 Å². The first-order valence-corrected chi connectivity index (χ1v) is 7.52. The van der Waals surface area contributed by atoms with Crippen LogP contribution in [0.4, 0.5) is 0 Å². The summed E-state index contributed by atoms with van der Waals surface area (Å²) in [7, 11) is 0. The predicted octanol–water partition coefficient (Wildman–Crippen LogP) is 2.99. The third-order valence-electron chi connectivity index (χ3n) is 3.75. The van der Waals surface area contributed by atoms with Gasteiger partial charge in [-0.1, -0.05) is 20.8 Å². The molecular weight excluding hydrogens is 226 g/mol. The van der Waals surface area contributed by atoms with Gasteiger partial charge in [-0.2, -0.15) is 0 Å². The molecule has 0 aromatic carbocycles. The molecule has 108 valence electrons. The van der Waals surface area contributed by atoms with Gasteiger partial charge in [-0.25, -0.2) is 0 Å². The Labute approximate surface area is 113 Å². The van der Waals surface area contributed by atoms with E-state index in [1.165, 1.54) is 19.3 Å². The Kier molecular flexibility index (Phi) is 7.20. The van der Waals surface area contributed by atoms with Crippen LogP contribution in [0.5, 0.6) is 0 Å². The number of ether oxygens (including phenoxy) is 2. The van der Waals surface area contributed by atoms with Crippen LogP contribution < -0.4 is 5.32 Å². The van der Waals surface area contributed by atoms with Crippen molar-refractivity contribution in [2.24, 2.45) is 5.41 Å². The molecule has 0 aromatic rings. The highest BCUT2D eigenvalue weighted by molar-refractivity contribution is 4.89. The van der Waals surface area contributed by atoms with Crippen LogP contribution in [0.15, 0.2) is 0 Å². The van der Waals surface area contributed by atoms with Crippen LogP contribution in [-0.4, -0.2) is 38.5 Å². The maximum atomic E-state index is 6.04. The van der Waals surface area contributed by atoms with Crippen LogP contribution in [0, 0.1) is 5.41 Å². The van der Waals surface area contributed by atoms with Gasteiger partial charge in [0, 0.05) is 12.6 Å². The van der Waals surface area contributed by atoms with Gasteiger partial charge in [0.15, 0.2) is 0 Å². The molecule has 0 radical (unpaired) electrons. The monoisotopic (exact) mass is 257 g/mol. The van der Waals surface area contributed by atoms with Gasteiger partial charge < -0.3 is 14.8 Å². The molecule has 0 heterocycles. The van der Waals surface area contributed by atoms with E-state index in [1.807, 2.05) is 6.92 Å². The van der Waals surface area contributed by atoms with Gasteiger partial charge in [0.25, 0.3) is 0 Å². The summed E-state index contributed by atoms with van der Waals surface area (Å²) in [5.74, 6) is 0. The fourth-order valence-corrected chi connectivity index (χ4v) is 2.66. The van der Waals surface area contributed by atoms with Crippen LogP contribution in [0.25, 0.3) is 0 Å². The van der Waals surface area contributed by atoms with Crippen molar-refractivity contribution in [3.63, 3.8) is 0 Å². The fourth-order valence-electron chi connectivity index (χ4n) is 2.66. The summed E-state index contributed by atoms with van der Waals surface area (Å²) >= 11 is 0. The SMILES string of the molecule is CCCNC1CCC(C)(C)CC1OCCOCC. The van der Waals surface area contributed by atoms with E-state index in [4.69, 9.17) is 9.47 Å². The molecule has 0 aliphatic heterocycles. The first-order valence-electron chi connectivity index (χ1n) is 7.52. The van der Waals surface area contributed by atoms with E-state index in [1.54, 1.807) is 0 Å². The van der Waals surface area contributed by atoms with Gasteiger partial charge in [0.1, 0.15) is 0 Å². The largest absolute Gasteiger partial charge is 0.379 e. The summed E-state index contributed by atoms with van der Waals surface area (Å²) in [6, 6.07) is 0.527. The highest BCUT2D eigenvalue weighted by Crippen LogP contribution is 2.36. The van der Waals surface area contributed by atoms with Gasteiger partial charge in [0.2, 0.25) is 0 Å². The predicted molar refractivity (Wildman–Crippen MR) is 75.9 cm³/mol. The Hall–Kier alpha value is -0.120. The van der Waals surface area contributed by atoms with E-state index in [0.717, 1.165) is 26.2 Å². The van der Waals surface area contributed by atoms with Crippen molar-refractivity contribution in [2.75, 3.05) is 26.4 Å². The Bertz CT molecular complexity index is 219. The molecule has 1 aliphatic rings. The van der Waals surface area contributed by atoms with Gasteiger partial charge in [-0.15, -0.1) is 0 Å². The van der Waals surface area contributed by atoms with E-state index >= 15 is 0 Å². The summed E-state index contributed by atoms with van der Waals surface area (Å²) < 4.78 is 11.4. The molecule has 2 atom stereocenters. The summed E-state index contributed by atoms with van der Waals surface area (Å²) in [6.45, 7) is 12.2. The molecule has 0 saturated heterocycles. The summed E-state index contributed by atoms with van der Waals surface area (Å²) in [4.78, 5) is 0. The van der Waals surface area contributed by atoms with Crippen LogP contribution in [0.1, 0.15) is 53.4 Å². The lowest BCUT2D eigenvalue weighted by Gasteiger charge is -2.41. The second-order valence-corrected chi connectivity index (χ2v) is 6.07. The van der Waals surface area contributed by atoms with Crippen LogP contribution in [-0.2, 0) is 9.47 Å².